The first kappa shape index (κ1) is 17.6. The second-order valence-corrected chi connectivity index (χ2v) is 7.81. The molecule has 2 aliphatic heterocycles. The molecule has 2 saturated heterocycles. The number of nitrogens with zero attached hydrogens (tertiary/aromatic N) is 4. The lowest BCUT2D eigenvalue weighted by Gasteiger charge is -2.48. The molecule has 1 spiro atoms. The lowest BCUT2D eigenvalue weighted by atomic mass is 9.73. The first-order chi connectivity index (χ1) is 11.6. The lowest BCUT2D eigenvalue weighted by Crippen LogP contribution is -2.54. The van der Waals surface area contributed by atoms with E-state index in [4.69, 9.17) is 9.47 Å². The first-order valence-corrected chi connectivity index (χ1v) is 9.31. The van der Waals surface area contributed by atoms with Gasteiger partial charge in [-0.1, -0.05) is 11.3 Å². The average Bonchev–Trinajstić information content (AvgIpc) is 3.04. The van der Waals surface area contributed by atoms with Crippen molar-refractivity contribution in [2.45, 2.75) is 32.2 Å². The molecule has 0 aliphatic carbocycles. The largest absolute Gasteiger partial charge is 0.472 e. The number of carbonyl (C=O) groups is 1. The van der Waals surface area contributed by atoms with Crippen molar-refractivity contribution in [1.29, 1.82) is 0 Å². The maximum Gasteiger partial charge on any atom is 0.293 e. The Morgan fingerprint density at radius 1 is 1.25 bits per heavy atom. The Bertz CT molecular complexity index is 567. The average molecular weight is 354 g/mol. The van der Waals surface area contributed by atoms with Crippen LogP contribution in [0, 0.1) is 5.41 Å². The first-order valence-electron chi connectivity index (χ1n) is 8.49. The molecule has 1 amide bonds. The maximum atomic E-state index is 12.2. The van der Waals surface area contributed by atoms with E-state index in [-0.39, 0.29) is 11.3 Å². The molecule has 0 saturated carbocycles. The Balaban J connectivity index is 1.62. The summed E-state index contributed by atoms with van der Waals surface area (Å²) in [6.07, 6.45) is 4.01. The molecule has 0 aromatic carbocycles. The predicted octanol–water partition coefficient (Wildman–Crippen LogP) is 1.40. The third-order valence-corrected chi connectivity index (χ3v) is 5.91. The van der Waals surface area contributed by atoms with Gasteiger partial charge in [0.15, 0.2) is 0 Å². The number of amides is 1. The van der Waals surface area contributed by atoms with Crippen LogP contribution in [0.2, 0.25) is 0 Å². The molecule has 2 fully saturated rings. The third-order valence-electron chi connectivity index (χ3n) is 5.04. The van der Waals surface area contributed by atoms with Crippen LogP contribution in [0.1, 0.15) is 30.7 Å². The van der Waals surface area contributed by atoms with Crippen LogP contribution in [0.15, 0.2) is 0 Å². The number of rotatable bonds is 6. The molecule has 0 bridgehead atoms. The molecular formula is C16H26N4O3S. The fourth-order valence-electron chi connectivity index (χ4n) is 3.86. The molecule has 1 aromatic heterocycles. The van der Waals surface area contributed by atoms with E-state index < -0.39 is 0 Å². The van der Waals surface area contributed by atoms with E-state index in [0.29, 0.717) is 24.8 Å². The standard InChI is InChI=1S/C16H26N4O3S/c1-22-9-8-20-12-16(6-4-14(20)21)5-3-7-19(11-16)10-13-17-18-15(23-2)24-13/h3-12H2,1-2H3/t16-/m1/s1. The molecule has 1 atom stereocenters. The van der Waals surface area contributed by atoms with E-state index in [1.165, 1.54) is 24.2 Å². The van der Waals surface area contributed by atoms with Crippen molar-refractivity contribution in [2.75, 3.05) is 47.0 Å². The monoisotopic (exact) mass is 354 g/mol. The molecule has 2 aliphatic rings. The Hall–Kier alpha value is -1.25. The maximum absolute atomic E-state index is 12.2. The number of carbonyl (C=O) groups excluding carboxylic acids is 1. The van der Waals surface area contributed by atoms with Crippen LogP contribution in [0.3, 0.4) is 0 Å². The number of hydrogen-bond acceptors (Lipinski definition) is 7. The summed E-state index contributed by atoms with van der Waals surface area (Å²) in [7, 11) is 3.30. The number of likely N-dealkylation sites (tertiary alicyclic amines) is 2. The highest BCUT2D eigenvalue weighted by atomic mass is 32.1. The van der Waals surface area contributed by atoms with E-state index in [2.05, 4.69) is 15.1 Å². The second-order valence-electron chi connectivity index (χ2n) is 6.79. The quantitative estimate of drug-likeness (QED) is 0.769. The molecule has 0 N–H and O–H groups in total. The van der Waals surface area contributed by atoms with Crippen LogP contribution in [-0.4, -0.2) is 72.9 Å². The fourth-order valence-corrected chi connectivity index (χ4v) is 4.56. The Labute approximate surface area is 146 Å². The van der Waals surface area contributed by atoms with Crippen molar-refractivity contribution in [1.82, 2.24) is 20.0 Å². The van der Waals surface area contributed by atoms with E-state index in [0.717, 1.165) is 37.6 Å². The van der Waals surface area contributed by atoms with E-state index in [1.807, 2.05) is 4.90 Å². The number of methoxy groups -OCH3 is 2. The summed E-state index contributed by atoms with van der Waals surface area (Å²) in [6.45, 7) is 5.07. The van der Waals surface area contributed by atoms with E-state index in [9.17, 15) is 4.79 Å². The van der Waals surface area contributed by atoms with Gasteiger partial charge in [0.1, 0.15) is 5.01 Å². The summed E-state index contributed by atoms with van der Waals surface area (Å²) in [5.41, 5.74) is 0.217. The van der Waals surface area contributed by atoms with Gasteiger partial charge in [-0.15, -0.1) is 10.2 Å². The highest BCUT2D eigenvalue weighted by Crippen LogP contribution is 2.39. The highest BCUT2D eigenvalue weighted by molar-refractivity contribution is 7.13. The molecule has 8 heteroatoms. The zero-order chi connectivity index (χ0) is 17.0. The zero-order valence-electron chi connectivity index (χ0n) is 14.5. The normalized spacial score (nSPS) is 25.4. The number of aromatic nitrogens is 2. The molecular weight excluding hydrogens is 328 g/mol. The van der Waals surface area contributed by atoms with Gasteiger partial charge in [-0.25, -0.2) is 0 Å². The molecule has 3 heterocycles. The van der Waals surface area contributed by atoms with Gasteiger partial charge in [0.05, 0.1) is 20.3 Å². The van der Waals surface area contributed by atoms with Crippen molar-refractivity contribution < 1.29 is 14.3 Å². The zero-order valence-corrected chi connectivity index (χ0v) is 15.3. The van der Waals surface area contributed by atoms with Gasteiger partial charge < -0.3 is 14.4 Å². The fraction of sp³-hybridized carbons (Fsp3) is 0.812. The van der Waals surface area contributed by atoms with Gasteiger partial charge in [-0.3, -0.25) is 9.69 Å². The van der Waals surface area contributed by atoms with Gasteiger partial charge in [0.25, 0.3) is 5.19 Å². The van der Waals surface area contributed by atoms with Crippen LogP contribution in [0.4, 0.5) is 0 Å². The SMILES string of the molecule is COCCN1C[C@]2(CCCN(Cc3nnc(OC)s3)C2)CCC1=O. The summed E-state index contributed by atoms with van der Waals surface area (Å²) in [4.78, 5) is 16.6. The predicted molar refractivity (Wildman–Crippen MR) is 91.1 cm³/mol. The minimum atomic E-state index is 0.217. The summed E-state index contributed by atoms with van der Waals surface area (Å²) < 4.78 is 10.3. The molecule has 0 unspecified atom stereocenters. The molecule has 3 rings (SSSR count). The summed E-state index contributed by atoms with van der Waals surface area (Å²) >= 11 is 1.51. The number of ether oxygens (including phenoxy) is 2. The minimum Gasteiger partial charge on any atom is -0.472 e. The Kier molecular flexibility index (Phi) is 5.68. The third kappa shape index (κ3) is 4.04. The van der Waals surface area contributed by atoms with Crippen LogP contribution < -0.4 is 4.74 Å². The summed E-state index contributed by atoms with van der Waals surface area (Å²) in [5, 5.41) is 9.82. The lowest BCUT2D eigenvalue weighted by molar-refractivity contribution is -0.140. The van der Waals surface area contributed by atoms with Crippen LogP contribution in [-0.2, 0) is 16.1 Å². The van der Waals surface area contributed by atoms with Crippen molar-refractivity contribution in [3.63, 3.8) is 0 Å². The van der Waals surface area contributed by atoms with Gasteiger partial charge in [0.2, 0.25) is 5.91 Å². The number of hydrogen-bond donors (Lipinski definition) is 0. The van der Waals surface area contributed by atoms with Crippen LogP contribution >= 0.6 is 11.3 Å². The van der Waals surface area contributed by atoms with E-state index >= 15 is 0 Å². The van der Waals surface area contributed by atoms with Crippen molar-refractivity contribution in [2.24, 2.45) is 5.41 Å². The topological polar surface area (TPSA) is 67.8 Å². The molecule has 1 aromatic rings. The molecule has 24 heavy (non-hydrogen) atoms. The molecule has 134 valence electrons. The van der Waals surface area contributed by atoms with Gasteiger partial charge in [0, 0.05) is 38.6 Å². The van der Waals surface area contributed by atoms with Crippen molar-refractivity contribution in [3.8, 4) is 5.19 Å². The van der Waals surface area contributed by atoms with Crippen LogP contribution in [0.25, 0.3) is 0 Å². The van der Waals surface area contributed by atoms with Gasteiger partial charge >= 0.3 is 0 Å². The summed E-state index contributed by atoms with van der Waals surface area (Å²) in [6, 6.07) is 0. The highest BCUT2D eigenvalue weighted by Gasteiger charge is 2.41. The van der Waals surface area contributed by atoms with Crippen LogP contribution in [0.5, 0.6) is 5.19 Å². The minimum absolute atomic E-state index is 0.217. The Morgan fingerprint density at radius 2 is 2.12 bits per heavy atom. The second kappa shape index (κ2) is 7.76. The molecule has 7 nitrogen and oxygen atoms in total. The van der Waals surface area contributed by atoms with E-state index in [1.54, 1.807) is 14.2 Å². The smallest absolute Gasteiger partial charge is 0.293 e. The van der Waals surface area contributed by atoms with Crippen molar-refractivity contribution in [3.05, 3.63) is 5.01 Å². The summed E-state index contributed by atoms with van der Waals surface area (Å²) in [5.74, 6) is 0.267. The number of piperidine rings is 2. The molecule has 0 radical (unpaired) electrons. The Morgan fingerprint density at radius 3 is 2.88 bits per heavy atom. The van der Waals surface area contributed by atoms with Crippen molar-refractivity contribution >= 4 is 17.2 Å². The van der Waals surface area contributed by atoms with Gasteiger partial charge in [-0.2, -0.15) is 0 Å². The van der Waals surface area contributed by atoms with Gasteiger partial charge in [-0.05, 0) is 25.8 Å².